The van der Waals surface area contributed by atoms with E-state index in [-0.39, 0.29) is 18.2 Å². The topological polar surface area (TPSA) is 22.4 Å². The Balaban J connectivity index is 1.80. The maximum atomic E-state index is 13.0. The van der Waals surface area contributed by atoms with Gasteiger partial charge in [-0.15, -0.1) is 0 Å². The van der Waals surface area contributed by atoms with E-state index >= 15 is 0 Å². The van der Waals surface area contributed by atoms with Gasteiger partial charge in [-0.3, -0.25) is 0 Å². The van der Waals surface area contributed by atoms with Gasteiger partial charge in [-0.2, -0.15) is 0 Å². The lowest BCUT2D eigenvalue weighted by molar-refractivity contribution is 0.305. The zero-order valence-corrected chi connectivity index (χ0v) is 9.90. The van der Waals surface area contributed by atoms with Gasteiger partial charge >= 0.3 is 0 Å². The molecule has 1 aromatic heterocycles. The molecule has 0 saturated heterocycles. The third-order valence-electron chi connectivity index (χ3n) is 2.83. The van der Waals surface area contributed by atoms with E-state index in [0.29, 0.717) is 11.3 Å². The molecule has 0 spiro atoms. The molecule has 0 saturated carbocycles. The number of hydrogen-bond donors (Lipinski definition) is 0. The molecule has 0 aliphatic carbocycles. The lowest BCUT2D eigenvalue weighted by atomic mass is 10.2. The third-order valence-corrected chi connectivity index (χ3v) is 2.83. The van der Waals surface area contributed by atoms with Gasteiger partial charge in [0.15, 0.2) is 0 Å². The van der Waals surface area contributed by atoms with Crippen LogP contribution in [0.1, 0.15) is 5.56 Å². The van der Waals surface area contributed by atoms with Crippen molar-refractivity contribution in [2.75, 3.05) is 0 Å². The van der Waals surface area contributed by atoms with Crippen molar-refractivity contribution in [3.63, 3.8) is 0 Å². The second-order valence-electron chi connectivity index (χ2n) is 4.14. The summed E-state index contributed by atoms with van der Waals surface area (Å²) in [5.74, 6) is -0.0812. The Hall–Kier alpha value is -2.36. The minimum atomic E-state index is -0.340. The molecule has 1 heterocycles. The van der Waals surface area contributed by atoms with Gasteiger partial charge in [0.1, 0.15) is 29.6 Å². The number of ether oxygens (including phenoxy) is 1. The van der Waals surface area contributed by atoms with Crippen molar-refractivity contribution in [2.24, 2.45) is 0 Å². The molecule has 0 fully saturated rings. The van der Waals surface area contributed by atoms with Crippen molar-refractivity contribution in [2.45, 2.75) is 6.61 Å². The molecule has 96 valence electrons. The van der Waals surface area contributed by atoms with E-state index in [9.17, 15) is 8.78 Å². The van der Waals surface area contributed by atoms with Crippen LogP contribution in [0.25, 0.3) is 11.0 Å². The molecule has 0 unspecified atom stereocenters. The first-order valence-corrected chi connectivity index (χ1v) is 5.76. The smallest absolute Gasteiger partial charge is 0.137 e. The summed E-state index contributed by atoms with van der Waals surface area (Å²) in [6.45, 7) is 0.282. The molecular weight excluding hydrogens is 250 g/mol. The average molecular weight is 260 g/mol. The van der Waals surface area contributed by atoms with Gasteiger partial charge in [-0.1, -0.05) is 0 Å². The number of hydrogen-bond acceptors (Lipinski definition) is 2. The predicted molar refractivity (Wildman–Crippen MR) is 66.9 cm³/mol. The number of fused-ring (bicyclic) bond motifs is 1. The fourth-order valence-corrected chi connectivity index (χ4v) is 1.86. The highest BCUT2D eigenvalue weighted by Gasteiger charge is 2.07. The van der Waals surface area contributed by atoms with E-state index in [0.717, 1.165) is 10.9 Å². The van der Waals surface area contributed by atoms with Crippen LogP contribution in [0.15, 0.2) is 53.1 Å². The number of benzene rings is 2. The van der Waals surface area contributed by atoms with Crippen molar-refractivity contribution < 1.29 is 17.9 Å². The van der Waals surface area contributed by atoms with Crippen LogP contribution in [0.3, 0.4) is 0 Å². The van der Waals surface area contributed by atoms with Crippen LogP contribution >= 0.6 is 0 Å². The number of halogens is 2. The van der Waals surface area contributed by atoms with Crippen molar-refractivity contribution >= 4 is 11.0 Å². The first kappa shape index (κ1) is 11.7. The SMILES string of the molecule is Fc1ccc(OCc2coc3cc(F)ccc23)cc1. The molecule has 2 aromatic carbocycles. The van der Waals surface area contributed by atoms with Crippen molar-refractivity contribution in [3.05, 3.63) is 65.9 Å². The Morgan fingerprint density at radius 1 is 0.947 bits per heavy atom. The van der Waals surface area contributed by atoms with Crippen LogP contribution in [0.4, 0.5) is 8.78 Å². The molecule has 2 nitrogen and oxygen atoms in total. The summed E-state index contributed by atoms with van der Waals surface area (Å²) in [4.78, 5) is 0. The van der Waals surface area contributed by atoms with Crippen LogP contribution < -0.4 is 4.74 Å². The predicted octanol–water partition coefficient (Wildman–Crippen LogP) is 4.29. The third kappa shape index (κ3) is 2.42. The first-order chi connectivity index (χ1) is 9.22. The summed E-state index contributed by atoms with van der Waals surface area (Å²) < 4.78 is 36.5. The lowest BCUT2D eigenvalue weighted by Gasteiger charge is -2.04. The van der Waals surface area contributed by atoms with Crippen LogP contribution in [-0.4, -0.2) is 0 Å². The highest BCUT2D eigenvalue weighted by molar-refractivity contribution is 5.80. The van der Waals surface area contributed by atoms with E-state index in [1.54, 1.807) is 18.2 Å². The molecule has 0 atom stereocenters. The Morgan fingerprint density at radius 3 is 2.47 bits per heavy atom. The number of rotatable bonds is 3. The molecule has 0 radical (unpaired) electrons. The van der Waals surface area contributed by atoms with Gasteiger partial charge in [0.2, 0.25) is 0 Å². The second kappa shape index (κ2) is 4.72. The monoisotopic (exact) mass is 260 g/mol. The molecule has 3 aromatic rings. The summed E-state index contributed by atoms with van der Waals surface area (Å²) in [6, 6.07) is 10.1. The Morgan fingerprint density at radius 2 is 1.68 bits per heavy atom. The molecule has 0 bridgehead atoms. The normalized spacial score (nSPS) is 10.8. The molecule has 4 heteroatoms. The second-order valence-corrected chi connectivity index (χ2v) is 4.14. The maximum absolute atomic E-state index is 13.0. The molecule has 19 heavy (non-hydrogen) atoms. The molecule has 0 aliphatic heterocycles. The molecular formula is C15H10F2O2. The molecule has 3 rings (SSSR count). The van der Waals surface area contributed by atoms with Gasteiger partial charge < -0.3 is 9.15 Å². The van der Waals surface area contributed by atoms with E-state index in [4.69, 9.17) is 9.15 Å². The zero-order chi connectivity index (χ0) is 13.2. The minimum Gasteiger partial charge on any atom is -0.489 e. The van der Waals surface area contributed by atoms with E-state index < -0.39 is 0 Å². The Bertz CT molecular complexity index is 702. The van der Waals surface area contributed by atoms with Crippen LogP contribution in [0.5, 0.6) is 5.75 Å². The molecule has 0 N–H and O–H groups in total. The standard InChI is InChI=1S/C15H10F2O2/c16-11-1-4-13(5-2-11)18-8-10-9-19-15-7-12(17)3-6-14(10)15/h1-7,9H,8H2. The van der Waals surface area contributed by atoms with Gasteiger partial charge in [-0.25, -0.2) is 8.78 Å². The summed E-state index contributed by atoms with van der Waals surface area (Å²) >= 11 is 0. The largest absolute Gasteiger partial charge is 0.489 e. The lowest BCUT2D eigenvalue weighted by Crippen LogP contribution is -1.94. The fraction of sp³-hybridized carbons (Fsp3) is 0.0667. The summed E-state index contributed by atoms with van der Waals surface area (Å²) in [7, 11) is 0. The van der Waals surface area contributed by atoms with Crippen LogP contribution in [-0.2, 0) is 6.61 Å². The van der Waals surface area contributed by atoms with E-state index in [1.807, 2.05) is 0 Å². The fourth-order valence-electron chi connectivity index (χ4n) is 1.86. The van der Waals surface area contributed by atoms with Gasteiger partial charge in [0, 0.05) is 17.0 Å². The zero-order valence-electron chi connectivity index (χ0n) is 9.90. The summed E-state index contributed by atoms with van der Waals surface area (Å²) in [5, 5.41) is 0.809. The molecule has 0 amide bonds. The summed E-state index contributed by atoms with van der Waals surface area (Å²) in [6.07, 6.45) is 1.54. The quantitative estimate of drug-likeness (QED) is 0.701. The minimum absolute atomic E-state index is 0.282. The number of furan rings is 1. The van der Waals surface area contributed by atoms with Gasteiger partial charge in [0.25, 0.3) is 0 Å². The highest BCUT2D eigenvalue weighted by Crippen LogP contribution is 2.23. The van der Waals surface area contributed by atoms with E-state index in [1.165, 1.54) is 30.5 Å². The Kier molecular flexibility index (Phi) is 2.91. The average Bonchev–Trinajstić information content (AvgIpc) is 2.80. The van der Waals surface area contributed by atoms with Crippen LogP contribution in [0.2, 0.25) is 0 Å². The summed E-state index contributed by atoms with van der Waals surface area (Å²) in [5.41, 5.74) is 1.30. The van der Waals surface area contributed by atoms with Gasteiger partial charge in [-0.05, 0) is 36.4 Å². The van der Waals surface area contributed by atoms with Crippen LogP contribution in [0, 0.1) is 11.6 Å². The van der Waals surface area contributed by atoms with Crippen molar-refractivity contribution in [3.8, 4) is 5.75 Å². The molecule has 0 aliphatic rings. The maximum Gasteiger partial charge on any atom is 0.137 e. The Labute approximate surface area is 108 Å². The van der Waals surface area contributed by atoms with Crippen molar-refractivity contribution in [1.82, 2.24) is 0 Å². The highest BCUT2D eigenvalue weighted by atomic mass is 19.1. The van der Waals surface area contributed by atoms with Gasteiger partial charge in [0.05, 0.1) is 6.26 Å². The first-order valence-electron chi connectivity index (χ1n) is 5.76. The van der Waals surface area contributed by atoms with Crippen molar-refractivity contribution in [1.29, 1.82) is 0 Å². The van der Waals surface area contributed by atoms with E-state index in [2.05, 4.69) is 0 Å².